The van der Waals surface area contributed by atoms with Gasteiger partial charge >= 0.3 is 5.97 Å². The number of hydrogen-bond donors (Lipinski definition) is 2. The third-order valence-corrected chi connectivity index (χ3v) is 2.18. The molecule has 1 rings (SSSR count). The predicted molar refractivity (Wildman–Crippen MR) is 59.4 cm³/mol. The molecular formula is C12H14O5. The van der Waals surface area contributed by atoms with E-state index in [-0.39, 0.29) is 5.78 Å². The second-order valence-electron chi connectivity index (χ2n) is 3.80. The lowest BCUT2D eigenvalue weighted by molar-refractivity contribution is -0.166. The van der Waals surface area contributed by atoms with Gasteiger partial charge in [-0.05, 0) is 6.92 Å². The molecule has 0 saturated carbocycles. The third kappa shape index (κ3) is 3.65. The first-order valence-electron chi connectivity index (χ1n) is 5.06. The molecule has 0 aliphatic carbocycles. The van der Waals surface area contributed by atoms with Crippen LogP contribution in [0.1, 0.15) is 17.3 Å². The third-order valence-electron chi connectivity index (χ3n) is 2.18. The predicted octanol–water partition coefficient (Wildman–Crippen LogP) is 0.156. The van der Waals surface area contributed by atoms with Crippen molar-refractivity contribution in [2.45, 2.75) is 12.5 Å². The standard InChI is InChI=1S/C12H14O5/c1-12(16,8-13)11(15)17-7-10(14)9-5-3-2-4-6-9/h2-6,13,16H,7-8H2,1H3. The summed E-state index contributed by atoms with van der Waals surface area (Å²) in [5, 5.41) is 18.1. The van der Waals surface area contributed by atoms with E-state index < -0.39 is 24.8 Å². The van der Waals surface area contributed by atoms with Crippen LogP contribution in [0.5, 0.6) is 0 Å². The van der Waals surface area contributed by atoms with Crippen LogP contribution in [0.25, 0.3) is 0 Å². The minimum atomic E-state index is -1.98. The zero-order valence-electron chi connectivity index (χ0n) is 9.42. The molecule has 17 heavy (non-hydrogen) atoms. The number of ether oxygens (including phenoxy) is 1. The maximum atomic E-state index is 11.5. The molecule has 5 heteroatoms. The Morgan fingerprint density at radius 3 is 2.41 bits per heavy atom. The lowest BCUT2D eigenvalue weighted by atomic mass is 10.1. The van der Waals surface area contributed by atoms with Crippen molar-refractivity contribution in [1.82, 2.24) is 0 Å². The summed E-state index contributed by atoms with van der Waals surface area (Å²) >= 11 is 0. The maximum absolute atomic E-state index is 11.5. The molecule has 0 aromatic heterocycles. The van der Waals surface area contributed by atoms with Gasteiger partial charge in [-0.3, -0.25) is 4.79 Å². The summed E-state index contributed by atoms with van der Waals surface area (Å²) in [5.74, 6) is -1.39. The Hall–Kier alpha value is -1.72. The van der Waals surface area contributed by atoms with Gasteiger partial charge in [0.15, 0.2) is 18.0 Å². The molecule has 5 nitrogen and oxygen atoms in total. The number of ketones is 1. The fourth-order valence-corrected chi connectivity index (χ4v) is 1.06. The zero-order chi connectivity index (χ0) is 12.9. The van der Waals surface area contributed by atoms with Crippen LogP contribution < -0.4 is 0 Å². The van der Waals surface area contributed by atoms with Gasteiger partial charge in [-0.15, -0.1) is 0 Å². The highest BCUT2D eigenvalue weighted by atomic mass is 16.6. The van der Waals surface area contributed by atoms with E-state index in [1.807, 2.05) is 0 Å². The molecule has 0 saturated heterocycles. The molecule has 1 atom stereocenters. The first-order chi connectivity index (χ1) is 7.97. The molecule has 0 spiro atoms. The molecule has 0 heterocycles. The molecule has 0 fully saturated rings. The number of aliphatic hydroxyl groups is 2. The smallest absolute Gasteiger partial charge is 0.340 e. The van der Waals surface area contributed by atoms with E-state index in [9.17, 15) is 14.7 Å². The highest BCUT2D eigenvalue weighted by Gasteiger charge is 2.31. The minimum Gasteiger partial charge on any atom is -0.455 e. The lowest BCUT2D eigenvalue weighted by Crippen LogP contribution is -2.41. The Morgan fingerprint density at radius 2 is 1.88 bits per heavy atom. The van der Waals surface area contributed by atoms with Crippen LogP contribution in [0.15, 0.2) is 30.3 Å². The molecule has 1 aromatic rings. The second-order valence-corrected chi connectivity index (χ2v) is 3.80. The summed E-state index contributed by atoms with van der Waals surface area (Å²) in [4.78, 5) is 22.8. The topological polar surface area (TPSA) is 83.8 Å². The van der Waals surface area contributed by atoms with E-state index in [4.69, 9.17) is 5.11 Å². The van der Waals surface area contributed by atoms with Gasteiger partial charge in [0.2, 0.25) is 0 Å². The number of aliphatic hydroxyl groups excluding tert-OH is 1. The van der Waals surface area contributed by atoms with E-state index in [1.165, 1.54) is 0 Å². The zero-order valence-corrected chi connectivity index (χ0v) is 9.42. The summed E-state index contributed by atoms with van der Waals surface area (Å²) < 4.78 is 4.62. The molecule has 2 N–H and O–H groups in total. The van der Waals surface area contributed by atoms with Crippen molar-refractivity contribution in [3.8, 4) is 0 Å². The van der Waals surface area contributed by atoms with Gasteiger partial charge in [0.05, 0.1) is 6.61 Å². The van der Waals surface area contributed by atoms with Crippen molar-refractivity contribution >= 4 is 11.8 Å². The lowest BCUT2D eigenvalue weighted by Gasteiger charge is -2.17. The fraction of sp³-hybridized carbons (Fsp3) is 0.333. The summed E-state index contributed by atoms with van der Waals surface area (Å²) in [5.41, 5.74) is -1.55. The monoisotopic (exact) mass is 238 g/mol. The summed E-state index contributed by atoms with van der Waals surface area (Å²) in [7, 11) is 0. The van der Waals surface area contributed by atoms with E-state index in [0.29, 0.717) is 5.56 Å². The Labute approximate surface area is 98.6 Å². The van der Waals surface area contributed by atoms with Gasteiger partial charge in [0.1, 0.15) is 0 Å². The number of esters is 1. The maximum Gasteiger partial charge on any atom is 0.340 e. The molecule has 92 valence electrons. The first-order valence-corrected chi connectivity index (χ1v) is 5.06. The molecule has 0 amide bonds. The minimum absolute atomic E-state index is 0.368. The number of rotatable bonds is 5. The van der Waals surface area contributed by atoms with Crippen molar-refractivity contribution in [1.29, 1.82) is 0 Å². The molecule has 0 radical (unpaired) electrons. The molecule has 0 aliphatic heterocycles. The molecule has 1 unspecified atom stereocenters. The van der Waals surface area contributed by atoms with Crippen molar-refractivity contribution in [3.05, 3.63) is 35.9 Å². The number of benzene rings is 1. The highest BCUT2D eigenvalue weighted by Crippen LogP contribution is 2.06. The van der Waals surface area contributed by atoms with Crippen molar-refractivity contribution in [3.63, 3.8) is 0 Å². The van der Waals surface area contributed by atoms with E-state index >= 15 is 0 Å². The second kappa shape index (κ2) is 5.56. The van der Waals surface area contributed by atoms with Gasteiger partial charge < -0.3 is 14.9 Å². The van der Waals surface area contributed by atoms with Crippen LogP contribution in [-0.2, 0) is 9.53 Å². The number of Topliss-reactive ketones (excluding diaryl/α,β-unsaturated/α-hetero) is 1. The summed E-state index contributed by atoms with van der Waals surface area (Å²) in [6.07, 6.45) is 0. The van der Waals surface area contributed by atoms with Crippen LogP contribution in [0, 0.1) is 0 Å². The van der Waals surface area contributed by atoms with E-state index in [2.05, 4.69) is 4.74 Å². The number of carbonyl (C=O) groups excluding carboxylic acids is 2. The SMILES string of the molecule is CC(O)(CO)C(=O)OCC(=O)c1ccccc1. The fourth-order valence-electron chi connectivity index (χ4n) is 1.06. The molecule has 0 aliphatic rings. The van der Waals surface area contributed by atoms with Crippen molar-refractivity contribution < 1.29 is 24.5 Å². The van der Waals surface area contributed by atoms with Crippen LogP contribution in [-0.4, -0.2) is 40.8 Å². The molecule has 0 bridgehead atoms. The van der Waals surface area contributed by atoms with E-state index in [0.717, 1.165) is 6.92 Å². The Kier molecular flexibility index (Phi) is 4.37. The average Bonchev–Trinajstić information content (AvgIpc) is 2.36. The average molecular weight is 238 g/mol. The summed E-state index contributed by atoms with van der Waals surface area (Å²) in [6.45, 7) is -0.104. The normalized spacial score (nSPS) is 13.8. The van der Waals surface area contributed by atoms with Gasteiger partial charge in [-0.1, -0.05) is 30.3 Å². The van der Waals surface area contributed by atoms with Crippen LogP contribution in [0.4, 0.5) is 0 Å². The van der Waals surface area contributed by atoms with Gasteiger partial charge in [-0.2, -0.15) is 0 Å². The van der Waals surface area contributed by atoms with E-state index in [1.54, 1.807) is 30.3 Å². The van der Waals surface area contributed by atoms with Crippen molar-refractivity contribution in [2.24, 2.45) is 0 Å². The largest absolute Gasteiger partial charge is 0.455 e. The van der Waals surface area contributed by atoms with Crippen molar-refractivity contribution in [2.75, 3.05) is 13.2 Å². The Morgan fingerprint density at radius 1 is 1.29 bits per heavy atom. The van der Waals surface area contributed by atoms with Crippen LogP contribution in [0.3, 0.4) is 0 Å². The van der Waals surface area contributed by atoms with Gasteiger partial charge in [0.25, 0.3) is 0 Å². The van der Waals surface area contributed by atoms with Gasteiger partial charge in [-0.25, -0.2) is 4.79 Å². The number of carbonyl (C=O) groups is 2. The quantitative estimate of drug-likeness (QED) is 0.563. The van der Waals surface area contributed by atoms with Crippen LogP contribution >= 0.6 is 0 Å². The summed E-state index contributed by atoms with van der Waals surface area (Å²) in [6, 6.07) is 8.35. The highest BCUT2D eigenvalue weighted by molar-refractivity contribution is 5.98. The first kappa shape index (κ1) is 13.3. The number of hydrogen-bond acceptors (Lipinski definition) is 5. The Balaban J connectivity index is 2.53. The Bertz CT molecular complexity index is 397. The molecule has 1 aromatic carbocycles. The van der Waals surface area contributed by atoms with Gasteiger partial charge in [0, 0.05) is 5.56 Å². The molecular weight excluding hydrogens is 224 g/mol. The van der Waals surface area contributed by atoms with Crippen LogP contribution in [0.2, 0.25) is 0 Å².